The van der Waals surface area contributed by atoms with Crippen LogP contribution in [0.15, 0.2) is 109 Å². The van der Waals surface area contributed by atoms with Crippen LogP contribution in [-0.2, 0) is 30.0 Å². The first kappa shape index (κ1) is 23.9. The van der Waals surface area contributed by atoms with E-state index in [4.69, 9.17) is 5.73 Å². The quantitative estimate of drug-likeness (QED) is 0.344. The van der Waals surface area contributed by atoms with E-state index in [-0.39, 0.29) is 4.90 Å². The first-order valence-corrected chi connectivity index (χ1v) is 12.9. The van der Waals surface area contributed by atoms with Crippen molar-refractivity contribution in [3.8, 4) is 0 Å². The van der Waals surface area contributed by atoms with Gasteiger partial charge in [-0.15, -0.1) is 0 Å². The Morgan fingerprint density at radius 2 is 1.53 bits per heavy atom. The SMILES string of the molecule is C[n+]1ccn(CCCc2ccc(S(=O)(=O)N[C@@H](c3ccccc3)[C@@H](N)c3ccccc3)cc2)c1. The topological polar surface area (TPSA) is 81.0 Å². The molecule has 3 aromatic carbocycles. The molecule has 3 N–H and O–H groups in total. The Bertz CT molecular complexity index is 1290. The highest BCUT2D eigenvalue weighted by molar-refractivity contribution is 7.89. The van der Waals surface area contributed by atoms with Gasteiger partial charge in [0.15, 0.2) is 0 Å². The molecule has 0 saturated heterocycles. The van der Waals surface area contributed by atoms with Crippen LogP contribution in [0.1, 0.15) is 35.2 Å². The lowest BCUT2D eigenvalue weighted by Gasteiger charge is -2.26. The molecule has 176 valence electrons. The van der Waals surface area contributed by atoms with Crippen LogP contribution < -0.4 is 15.0 Å². The van der Waals surface area contributed by atoms with Gasteiger partial charge >= 0.3 is 0 Å². The van der Waals surface area contributed by atoms with E-state index in [2.05, 4.69) is 9.29 Å². The number of aromatic nitrogens is 2. The summed E-state index contributed by atoms with van der Waals surface area (Å²) < 4.78 is 33.6. The number of nitrogens with zero attached hydrogens (tertiary/aromatic N) is 2. The molecule has 0 unspecified atom stereocenters. The number of aryl methyl sites for hydroxylation is 3. The third kappa shape index (κ3) is 5.99. The predicted octanol–water partition coefficient (Wildman–Crippen LogP) is 3.67. The van der Waals surface area contributed by atoms with Crippen molar-refractivity contribution in [1.82, 2.24) is 9.29 Å². The van der Waals surface area contributed by atoms with E-state index in [9.17, 15) is 8.42 Å². The van der Waals surface area contributed by atoms with Gasteiger partial charge in [-0.3, -0.25) is 0 Å². The second-order valence-electron chi connectivity index (χ2n) is 8.51. The Labute approximate surface area is 201 Å². The van der Waals surface area contributed by atoms with Gasteiger partial charge in [0.1, 0.15) is 12.4 Å². The highest BCUT2D eigenvalue weighted by Crippen LogP contribution is 2.28. The monoisotopic (exact) mass is 475 g/mol. The summed E-state index contributed by atoms with van der Waals surface area (Å²) >= 11 is 0. The molecule has 0 amide bonds. The Hall–Kier alpha value is -3.26. The van der Waals surface area contributed by atoms with Crippen molar-refractivity contribution < 1.29 is 13.0 Å². The van der Waals surface area contributed by atoms with Crippen LogP contribution >= 0.6 is 0 Å². The predicted molar refractivity (Wildman–Crippen MR) is 133 cm³/mol. The smallest absolute Gasteiger partial charge is 0.243 e. The lowest BCUT2D eigenvalue weighted by atomic mass is 9.95. The summed E-state index contributed by atoms with van der Waals surface area (Å²) in [5, 5.41) is 0. The highest BCUT2D eigenvalue weighted by atomic mass is 32.2. The number of hydrogen-bond donors (Lipinski definition) is 2. The van der Waals surface area contributed by atoms with Gasteiger partial charge < -0.3 is 5.73 Å². The van der Waals surface area contributed by atoms with Crippen LogP contribution in [0.4, 0.5) is 0 Å². The van der Waals surface area contributed by atoms with Gasteiger partial charge in [0, 0.05) is 0 Å². The van der Waals surface area contributed by atoms with E-state index < -0.39 is 22.1 Å². The fourth-order valence-corrected chi connectivity index (χ4v) is 5.29. The second-order valence-corrected chi connectivity index (χ2v) is 10.2. The molecule has 0 spiro atoms. The molecule has 1 aromatic heterocycles. The molecule has 7 heteroatoms. The molecule has 0 radical (unpaired) electrons. The van der Waals surface area contributed by atoms with Crippen molar-refractivity contribution >= 4 is 10.0 Å². The summed E-state index contributed by atoms with van der Waals surface area (Å²) in [6.07, 6.45) is 7.95. The highest BCUT2D eigenvalue weighted by Gasteiger charge is 2.27. The molecule has 0 bridgehead atoms. The third-order valence-corrected chi connectivity index (χ3v) is 7.38. The Morgan fingerprint density at radius 1 is 0.912 bits per heavy atom. The maximum absolute atomic E-state index is 13.3. The molecule has 0 aliphatic heterocycles. The van der Waals surface area contributed by atoms with E-state index in [1.54, 1.807) is 12.1 Å². The number of rotatable bonds is 10. The molecule has 34 heavy (non-hydrogen) atoms. The zero-order valence-corrected chi connectivity index (χ0v) is 20.1. The normalized spacial score (nSPS) is 13.5. The van der Waals surface area contributed by atoms with Crippen molar-refractivity contribution in [3.63, 3.8) is 0 Å². The van der Waals surface area contributed by atoms with Crippen molar-refractivity contribution in [1.29, 1.82) is 0 Å². The number of benzene rings is 3. The van der Waals surface area contributed by atoms with Crippen LogP contribution in [-0.4, -0.2) is 13.0 Å². The Balaban J connectivity index is 1.47. The number of nitrogens with two attached hydrogens (primary N) is 1. The van der Waals surface area contributed by atoms with E-state index in [0.717, 1.165) is 36.1 Å². The summed E-state index contributed by atoms with van der Waals surface area (Å²) in [7, 11) is -1.78. The van der Waals surface area contributed by atoms with Gasteiger partial charge in [0.2, 0.25) is 16.4 Å². The maximum Gasteiger partial charge on any atom is 0.243 e. The lowest BCUT2D eigenvalue weighted by Crippen LogP contribution is -2.36. The molecule has 2 atom stereocenters. The molecule has 6 nitrogen and oxygen atoms in total. The zero-order valence-electron chi connectivity index (χ0n) is 19.3. The molecule has 4 rings (SSSR count). The number of nitrogens with one attached hydrogen (secondary N) is 1. The van der Waals surface area contributed by atoms with Gasteiger partial charge in [-0.25, -0.2) is 22.3 Å². The molecule has 0 saturated carbocycles. The minimum absolute atomic E-state index is 0.231. The van der Waals surface area contributed by atoms with Crippen molar-refractivity contribution in [2.45, 2.75) is 36.4 Å². The van der Waals surface area contributed by atoms with Gasteiger partial charge in [0.05, 0.1) is 30.6 Å². The van der Waals surface area contributed by atoms with Crippen molar-refractivity contribution in [2.75, 3.05) is 0 Å². The van der Waals surface area contributed by atoms with Gasteiger partial charge in [-0.1, -0.05) is 72.8 Å². The Morgan fingerprint density at radius 3 is 2.12 bits per heavy atom. The lowest BCUT2D eigenvalue weighted by molar-refractivity contribution is -0.671. The summed E-state index contributed by atoms with van der Waals surface area (Å²) in [5.41, 5.74) is 9.35. The fraction of sp³-hybridized carbons (Fsp3) is 0.222. The van der Waals surface area contributed by atoms with Gasteiger partial charge in [0.25, 0.3) is 0 Å². The van der Waals surface area contributed by atoms with Crippen molar-refractivity contribution in [3.05, 3.63) is 120 Å². The maximum atomic E-state index is 13.3. The number of imidazole rings is 1. The molecule has 0 fully saturated rings. The second kappa shape index (κ2) is 10.8. The number of hydrogen-bond acceptors (Lipinski definition) is 3. The third-order valence-electron chi connectivity index (χ3n) is 5.92. The molecular formula is C27H31N4O2S+. The average molecular weight is 476 g/mol. The summed E-state index contributed by atoms with van der Waals surface area (Å²) in [4.78, 5) is 0.231. The molecular weight excluding hydrogens is 444 g/mol. The van der Waals surface area contributed by atoms with E-state index in [0.29, 0.717) is 0 Å². The summed E-state index contributed by atoms with van der Waals surface area (Å²) in [6.45, 7) is 0.915. The minimum Gasteiger partial charge on any atom is -0.322 e. The standard InChI is InChI=1S/C27H31N4O2S/c1-30-19-20-31(21-30)18-8-9-22-14-16-25(17-15-22)34(32,33)29-27(24-12-6-3-7-13-24)26(28)23-10-4-2-5-11-23/h2-7,10-17,19-21,26-27,29H,8-9,18,28H2,1H3/q+1/t26-,27-/m0/s1. The Kier molecular flexibility index (Phi) is 7.57. The van der Waals surface area contributed by atoms with Crippen LogP contribution in [0.25, 0.3) is 0 Å². The molecule has 1 heterocycles. The van der Waals surface area contributed by atoms with Crippen LogP contribution in [0.5, 0.6) is 0 Å². The largest absolute Gasteiger partial charge is 0.322 e. The fourth-order valence-electron chi connectivity index (χ4n) is 4.05. The molecule has 4 aromatic rings. The summed E-state index contributed by atoms with van der Waals surface area (Å²) in [6, 6.07) is 25.0. The van der Waals surface area contributed by atoms with E-state index in [1.807, 2.05) is 103 Å². The van der Waals surface area contributed by atoms with Crippen LogP contribution in [0.2, 0.25) is 0 Å². The molecule has 0 aliphatic carbocycles. The zero-order chi connectivity index (χ0) is 24.0. The molecule has 0 aliphatic rings. The van der Waals surface area contributed by atoms with E-state index >= 15 is 0 Å². The van der Waals surface area contributed by atoms with Crippen LogP contribution in [0.3, 0.4) is 0 Å². The summed E-state index contributed by atoms with van der Waals surface area (Å²) in [5.74, 6) is 0. The first-order chi connectivity index (χ1) is 16.4. The van der Waals surface area contributed by atoms with Crippen LogP contribution in [0, 0.1) is 0 Å². The average Bonchev–Trinajstić information content (AvgIpc) is 3.28. The minimum atomic E-state index is -3.78. The van der Waals surface area contributed by atoms with E-state index in [1.165, 1.54) is 0 Å². The van der Waals surface area contributed by atoms with Gasteiger partial charge in [-0.05, 0) is 41.7 Å². The van der Waals surface area contributed by atoms with Crippen molar-refractivity contribution in [2.24, 2.45) is 12.8 Å². The first-order valence-electron chi connectivity index (χ1n) is 11.4. The number of sulfonamides is 1. The van der Waals surface area contributed by atoms with Gasteiger partial charge in [-0.2, -0.15) is 0 Å².